The van der Waals surface area contributed by atoms with Gasteiger partial charge in [0.05, 0.1) is 5.69 Å². The molecule has 1 aromatic rings. The number of hydrogen-bond acceptors (Lipinski definition) is 3. The fraction of sp³-hybridized carbons (Fsp3) is 0.786. The second kappa shape index (κ2) is 4.67. The minimum absolute atomic E-state index is 0.175. The molecule has 2 fully saturated rings. The van der Waals surface area contributed by atoms with E-state index in [-0.39, 0.29) is 5.41 Å². The lowest BCUT2D eigenvalue weighted by atomic mass is 9.69. The number of nitrogens with zero attached hydrogens (tertiary/aromatic N) is 2. The van der Waals surface area contributed by atoms with Crippen molar-refractivity contribution in [2.24, 2.45) is 5.41 Å². The third-order valence-electron chi connectivity index (χ3n) is 4.44. The summed E-state index contributed by atoms with van der Waals surface area (Å²) in [5.74, 6) is 0.718. The zero-order valence-electron chi connectivity index (χ0n) is 11.2. The molecule has 18 heavy (non-hydrogen) atoms. The summed E-state index contributed by atoms with van der Waals surface area (Å²) < 4.78 is 0. The predicted octanol–water partition coefficient (Wildman–Crippen LogP) is 1.88. The van der Waals surface area contributed by atoms with Gasteiger partial charge in [-0.25, -0.2) is 0 Å². The highest BCUT2D eigenvalue weighted by atomic mass is 16.3. The van der Waals surface area contributed by atoms with Gasteiger partial charge in [-0.1, -0.05) is 6.42 Å². The molecule has 2 N–H and O–H groups in total. The molecule has 0 unspecified atom stereocenters. The molecule has 2 aliphatic carbocycles. The van der Waals surface area contributed by atoms with E-state index in [1.807, 2.05) is 0 Å². The van der Waals surface area contributed by atoms with E-state index in [2.05, 4.69) is 28.2 Å². The number of aromatic amines is 1. The lowest BCUT2D eigenvalue weighted by molar-refractivity contribution is 0.0125. The molecule has 1 aromatic heterocycles. The summed E-state index contributed by atoms with van der Waals surface area (Å²) in [5.41, 5.74) is 2.61. The van der Waals surface area contributed by atoms with Gasteiger partial charge in [0, 0.05) is 36.7 Å². The minimum atomic E-state index is 0.175. The Kier molecular flexibility index (Phi) is 3.16. The Bertz CT molecular complexity index is 401. The first-order chi connectivity index (χ1) is 8.71. The Morgan fingerprint density at radius 1 is 1.50 bits per heavy atom. The van der Waals surface area contributed by atoms with Crippen LogP contribution in [0.3, 0.4) is 0 Å². The molecule has 0 aromatic carbocycles. The molecule has 0 amide bonds. The summed E-state index contributed by atoms with van der Waals surface area (Å²) in [7, 11) is 2.13. The minimum Gasteiger partial charge on any atom is -0.396 e. The van der Waals surface area contributed by atoms with Gasteiger partial charge in [-0.15, -0.1) is 0 Å². The average molecular weight is 249 g/mol. The summed E-state index contributed by atoms with van der Waals surface area (Å²) in [6, 6.07) is 2.21. The van der Waals surface area contributed by atoms with Crippen LogP contribution in [0.1, 0.15) is 49.4 Å². The molecule has 3 rings (SSSR count). The number of aliphatic hydroxyl groups excluding tert-OH is 1. The first-order valence-corrected chi connectivity index (χ1v) is 7.04. The van der Waals surface area contributed by atoms with E-state index in [0.29, 0.717) is 6.61 Å². The smallest absolute Gasteiger partial charge is 0.0656 e. The van der Waals surface area contributed by atoms with Crippen LogP contribution in [0.25, 0.3) is 0 Å². The number of hydrogen-bond donors (Lipinski definition) is 2. The van der Waals surface area contributed by atoms with Crippen LogP contribution in [-0.4, -0.2) is 40.4 Å². The van der Waals surface area contributed by atoms with Gasteiger partial charge < -0.3 is 5.11 Å². The Labute approximate surface area is 108 Å². The van der Waals surface area contributed by atoms with Crippen molar-refractivity contribution in [1.29, 1.82) is 0 Å². The van der Waals surface area contributed by atoms with Crippen LogP contribution in [0.4, 0.5) is 0 Å². The summed E-state index contributed by atoms with van der Waals surface area (Å²) in [4.78, 5) is 2.31. The van der Waals surface area contributed by atoms with Crippen LogP contribution in [0.2, 0.25) is 0 Å². The Morgan fingerprint density at radius 2 is 2.28 bits per heavy atom. The van der Waals surface area contributed by atoms with Crippen LogP contribution in [0.5, 0.6) is 0 Å². The molecule has 1 heterocycles. The van der Waals surface area contributed by atoms with Crippen molar-refractivity contribution in [3.05, 3.63) is 17.5 Å². The molecular formula is C14H23N3O. The fourth-order valence-electron chi connectivity index (χ4n) is 3.01. The lowest BCUT2D eigenvalue weighted by Gasteiger charge is -2.42. The third kappa shape index (κ3) is 2.45. The quantitative estimate of drug-likeness (QED) is 0.809. The average Bonchev–Trinajstić information content (AvgIpc) is 3.06. The van der Waals surface area contributed by atoms with Gasteiger partial charge >= 0.3 is 0 Å². The summed E-state index contributed by atoms with van der Waals surface area (Å²) in [5, 5.41) is 17.0. The highest BCUT2D eigenvalue weighted by molar-refractivity contribution is 5.17. The molecular weight excluding hydrogens is 226 g/mol. The normalized spacial score (nSPS) is 22.2. The van der Waals surface area contributed by atoms with Crippen molar-refractivity contribution in [3.8, 4) is 0 Å². The zero-order chi connectivity index (χ0) is 12.6. The number of H-pyrrole nitrogens is 1. The number of aromatic nitrogens is 2. The van der Waals surface area contributed by atoms with E-state index < -0.39 is 0 Å². The van der Waals surface area contributed by atoms with Gasteiger partial charge in [-0.3, -0.25) is 10.00 Å². The molecule has 100 valence electrons. The third-order valence-corrected chi connectivity index (χ3v) is 4.44. The second-order valence-corrected chi connectivity index (χ2v) is 6.28. The fourth-order valence-corrected chi connectivity index (χ4v) is 3.01. The van der Waals surface area contributed by atoms with Crippen LogP contribution < -0.4 is 0 Å². The molecule has 4 nitrogen and oxygen atoms in total. The van der Waals surface area contributed by atoms with Crippen LogP contribution in [0, 0.1) is 5.41 Å². The van der Waals surface area contributed by atoms with Crippen molar-refractivity contribution < 1.29 is 5.11 Å². The summed E-state index contributed by atoms with van der Waals surface area (Å²) >= 11 is 0. The van der Waals surface area contributed by atoms with Gasteiger partial charge in [-0.05, 0) is 38.8 Å². The SMILES string of the molecule is CN(Cc1cc(C2CC2)n[nH]1)CC1(CO)CCC1. The van der Waals surface area contributed by atoms with Crippen LogP contribution in [0.15, 0.2) is 6.07 Å². The maximum absolute atomic E-state index is 9.49. The Hall–Kier alpha value is -0.870. The maximum atomic E-state index is 9.49. The van der Waals surface area contributed by atoms with E-state index >= 15 is 0 Å². The van der Waals surface area contributed by atoms with Crippen molar-refractivity contribution in [1.82, 2.24) is 15.1 Å². The Balaban J connectivity index is 1.54. The molecule has 0 aliphatic heterocycles. The zero-order valence-corrected chi connectivity index (χ0v) is 11.2. The molecule has 0 saturated heterocycles. The first-order valence-electron chi connectivity index (χ1n) is 7.04. The van der Waals surface area contributed by atoms with Gasteiger partial charge in [0.25, 0.3) is 0 Å². The van der Waals surface area contributed by atoms with E-state index in [1.54, 1.807) is 0 Å². The largest absolute Gasteiger partial charge is 0.396 e. The van der Waals surface area contributed by atoms with Crippen molar-refractivity contribution in [2.45, 2.75) is 44.6 Å². The molecule has 0 radical (unpaired) electrons. The Morgan fingerprint density at radius 3 is 2.83 bits per heavy atom. The predicted molar refractivity (Wildman–Crippen MR) is 70.3 cm³/mol. The molecule has 0 bridgehead atoms. The second-order valence-electron chi connectivity index (χ2n) is 6.28. The molecule has 0 spiro atoms. The van der Waals surface area contributed by atoms with Crippen molar-refractivity contribution >= 4 is 0 Å². The van der Waals surface area contributed by atoms with Gasteiger partial charge in [0.15, 0.2) is 0 Å². The number of aliphatic hydroxyl groups is 1. The number of rotatable bonds is 6. The highest BCUT2D eigenvalue weighted by Crippen LogP contribution is 2.41. The van der Waals surface area contributed by atoms with E-state index in [0.717, 1.165) is 19.0 Å². The van der Waals surface area contributed by atoms with Gasteiger partial charge in [-0.2, -0.15) is 5.10 Å². The van der Waals surface area contributed by atoms with E-state index in [1.165, 1.54) is 43.5 Å². The van der Waals surface area contributed by atoms with E-state index in [4.69, 9.17) is 0 Å². The monoisotopic (exact) mass is 249 g/mol. The van der Waals surface area contributed by atoms with E-state index in [9.17, 15) is 5.11 Å². The van der Waals surface area contributed by atoms with Gasteiger partial charge in [0.1, 0.15) is 0 Å². The lowest BCUT2D eigenvalue weighted by Crippen LogP contribution is -2.43. The van der Waals surface area contributed by atoms with Crippen molar-refractivity contribution in [3.63, 3.8) is 0 Å². The topological polar surface area (TPSA) is 52.2 Å². The summed E-state index contributed by atoms with van der Waals surface area (Å²) in [6.45, 7) is 2.22. The van der Waals surface area contributed by atoms with Crippen LogP contribution >= 0.6 is 0 Å². The van der Waals surface area contributed by atoms with Crippen LogP contribution in [-0.2, 0) is 6.54 Å². The van der Waals surface area contributed by atoms with Crippen molar-refractivity contribution in [2.75, 3.05) is 20.2 Å². The molecule has 4 heteroatoms. The highest BCUT2D eigenvalue weighted by Gasteiger charge is 2.37. The maximum Gasteiger partial charge on any atom is 0.0656 e. The standard InChI is InChI=1S/C14H23N3O/c1-17(9-14(10-18)5-2-6-14)8-12-7-13(16-15-12)11-3-4-11/h7,11,18H,2-6,8-10H2,1H3,(H,15,16). The van der Waals surface area contributed by atoms with Gasteiger partial charge in [0.2, 0.25) is 0 Å². The molecule has 0 atom stereocenters. The summed E-state index contributed by atoms with van der Waals surface area (Å²) in [6.07, 6.45) is 6.21. The number of nitrogens with one attached hydrogen (secondary N) is 1. The first kappa shape index (κ1) is 12.2. The molecule has 2 saturated carbocycles. The molecule has 2 aliphatic rings.